The third kappa shape index (κ3) is 4.81. The summed E-state index contributed by atoms with van der Waals surface area (Å²) in [5.41, 5.74) is 2.64. The number of hydrogen-bond acceptors (Lipinski definition) is 2. The average Bonchev–Trinajstić information content (AvgIpc) is 2.51. The number of carbonyl (C=O) groups excluding carboxylic acids is 2. The number of carbonyl (C=O) groups is 2. The molecule has 2 rings (SSSR count). The normalized spacial score (nSPS) is 10.3. The molecule has 0 saturated carbocycles. The Morgan fingerprint density at radius 1 is 1.09 bits per heavy atom. The second kappa shape index (κ2) is 7.50. The minimum absolute atomic E-state index is 0.0711. The smallest absolute Gasteiger partial charge is 0.220 e. The highest BCUT2D eigenvalue weighted by molar-refractivity contribution is 5.99. The lowest BCUT2D eigenvalue weighted by Gasteiger charge is -2.05. The van der Waals surface area contributed by atoms with E-state index in [0.717, 1.165) is 11.1 Å². The summed E-state index contributed by atoms with van der Waals surface area (Å²) in [6.07, 6.45) is 0.971. The molecule has 0 fully saturated rings. The summed E-state index contributed by atoms with van der Waals surface area (Å²) < 4.78 is 12.8. The molecule has 4 heteroatoms. The topological polar surface area (TPSA) is 46.2 Å². The van der Waals surface area contributed by atoms with Crippen LogP contribution in [0, 0.1) is 12.7 Å². The van der Waals surface area contributed by atoms with Gasteiger partial charge in [-0.05, 0) is 43.2 Å². The van der Waals surface area contributed by atoms with Gasteiger partial charge in [-0.2, -0.15) is 0 Å². The van der Waals surface area contributed by atoms with Crippen LogP contribution >= 0.6 is 0 Å². The molecule has 0 aliphatic heterocycles. The minimum atomic E-state index is -0.390. The molecular weight excluding hydrogens is 281 g/mol. The maximum absolute atomic E-state index is 12.8. The molecule has 0 unspecified atom stereocenters. The minimum Gasteiger partial charge on any atom is -0.349 e. The van der Waals surface area contributed by atoms with Crippen molar-refractivity contribution in [2.75, 3.05) is 6.54 Å². The van der Waals surface area contributed by atoms with E-state index in [-0.39, 0.29) is 18.2 Å². The zero-order valence-electron chi connectivity index (χ0n) is 12.4. The van der Waals surface area contributed by atoms with Crippen molar-refractivity contribution in [1.29, 1.82) is 0 Å². The van der Waals surface area contributed by atoms with Crippen molar-refractivity contribution in [2.45, 2.75) is 19.8 Å². The molecule has 22 heavy (non-hydrogen) atoms. The van der Waals surface area contributed by atoms with E-state index >= 15 is 0 Å². The molecule has 2 aromatic rings. The van der Waals surface area contributed by atoms with Gasteiger partial charge in [0.2, 0.25) is 5.91 Å². The first-order chi connectivity index (χ1) is 10.5. The summed E-state index contributed by atoms with van der Waals surface area (Å²) in [4.78, 5) is 23.6. The van der Waals surface area contributed by atoms with Crippen LogP contribution in [0.4, 0.5) is 4.39 Å². The van der Waals surface area contributed by atoms with Crippen LogP contribution in [0.2, 0.25) is 0 Å². The molecule has 3 nitrogen and oxygen atoms in total. The zero-order valence-corrected chi connectivity index (χ0v) is 12.4. The van der Waals surface area contributed by atoms with Gasteiger partial charge in [0.1, 0.15) is 5.82 Å². The van der Waals surface area contributed by atoms with Crippen LogP contribution in [-0.2, 0) is 11.2 Å². The molecule has 0 atom stereocenters. The summed E-state index contributed by atoms with van der Waals surface area (Å²) in [7, 11) is 0. The fourth-order valence-corrected chi connectivity index (χ4v) is 2.13. The summed E-state index contributed by atoms with van der Waals surface area (Å²) in [5.74, 6) is -0.792. The van der Waals surface area contributed by atoms with Crippen LogP contribution in [-0.4, -0.2) is 18.2 Å². The van der Waals surface area contributed by atoms with Gasteiger partial charge in [-0.15, -0.1) is 0 Å². The highest BCUT2D eigenvalue weighted by Gasteiger charge is 2.08. The first kappa shape index (κ1) is 15.9. The third-order valence-electron chi connectivity index (χ3n) is 3.34. The lowest BCUT2D eigenvalue weighted by atomic mass is 10.1. The van der Waals surface area contributed by atoms with Gasteiger partial charge in [-0.1, -0.05) is 29.8 Å². The first-order valence-electron chi connectivity index (χ1n) is 7.15. The van der Waals surface area contributed by atoms with Gasteiger partial charge in [0.05, 0.1) is 6.54 Å². The third-order valence-corrected chi connectivity index (χ3v) is 3.34. The Labute approximate surface area is 129 Å². The molecule has 0 aromatic heterocycles. The van der Waals surface area contributed by atoms with Crippen LogP contribution in [0.1, 0.15) is 27.9 Å². The maximum atomic E-state index is 12.8. The van der Waals surface area contributed by atoms with Crippen LogP contribution in [0.3, 0.4) is 0 Å². The predicted molar refractivity (Wildman–Crippen MR) is 83.2 cm³/mol. The lowest BCUT2D eigenvalue weighted by molar-refractivity contribution is -0.120. The Bertz CT molecular complexity index is 665. The number of nitrogens with one attached hydrogen (secondary N) is 1. The van der Waals surface area contributed by atoms with Crippen LogP contribution in [0.25, 0.3) is 0 Å². The van der Waals surface area contributed by atoms with Crippen molar-refractivity contribution in [3.8, 4) is 0 Å². The van der Waals surface area contributed by atoms with Crippen LogP contribution < -0.4 is 5.32 Å². The first-order valence-corrected chi connectivity index (χ1v) is 7.15. The molecule has 2 aromatic carbocycles. The van der Waals surface area contributed by atoms with Gasteiger partial charge in [0.15, 0.2) is 5.78 Å². The van der Waals surface area contributed by atoms with Gasteiger partial charge >= 0.3 is 0 Å². The zero-order chi connectivity index (χ0) is 15.9. The van der Waals surface area contributed by atoms with E-state index in [2.05, 4.69) is 5.32 Å². The second-order valence-corrected chi connectivity index (χ2v) is 5.20. The van der Waals surface area contributed by atoms with Gasteiger partial charge in [0.25, 0.3) is 0 Å². The molecule has 0 bridgehead atoms. The molecule has 1 N–H and O–H groups in total. The standard InChI is InChI=1S/C18H18FNO2/c1-13-3-2-4-14(11-13)5-10-18(22)20-12-17(21)15-6-8-16(19)9-7-15/h2-4,6-9,11H,5,10,12H2,1H3,(H,20,22). The summed E-state index contributed by atoms with van der Waals surface area (Å²) >= 11 is 0. The average molecular weight is 299 g/mol. The number of rotatable bonds is 6. The Morgan fingerprint density at radius 2 is 1.82 bits per heavy atom. The van der Waals surface area contributed by atoms with Gasteiger partial charge in [-0.3, -0.25) is 9.59 Å². The Balaban J connectivity index is 1.78. The lowest BCUT2D eigenvalue weighted by Crippen LogP contribution is -2.29. The van der Waals surface area contributed by atoms with Crippen molar-refractivity contribution < 1.29 is 14.0 Å². The Kier molecular flexibility index (Phi) is 5.42. The van der Waals surface area contributed by atoms with Crippen molar-refractivity contribution >= 4 is 11.7 Å². The number of ketones is 1. The Hall–Kier alpha value is -2.49. The molecule has 0 saturated heterocycles. The number of halogens is 1. The maximum Gasteiger partial charge on any atom is 0.220 e. The number of benzene rings is 2. The van der Waals surface area contributed by atoms with E-state index < -0.39 is 5.82 Å². The fourth-order valence-electron chi connectivity index (χ4n) is 2.13. The Morgan fingerprint density at radius 3 is 2.50 bits per heavy atom. The highest BCUT2D eigenvalue weighted by atomic mass is 19.1. The number of amides is 1. The summed E-state index contributed by atoms with van der Waals surface area (Å²) in [5, 5.41) is 2.60. The number of Topliss-reactive ketones (excluding diaryl/α,β-unsaturated/α-hetero) is 1. The van der Waals surface area contributed by atoms with Crippen molar-refractivity contribution in [3.63, 3.8) is 0 Å². The summed E-state index contributed by atoms with van der Waals surface area (Å²) in [6, 6.07) is 13.3. The van der Waals surface area contributed by atoms with E-state index in [0.29, 0.717) is 18.4 Å². The molecule has 0 radical (unpaired) electrons. The van der Waals surface area contributed by atoms with Crippen LogP contribution in [0.15, 0.2) is 48.5 Å². The molecule has 0 spiro atoms. The quantitative estimate of drug-likeness (QED) is 0.833. The fraction of sp³-hybridized carbons (Fsp3) is 0.222. The monoisotopic (exact) mass is 299 g/mol. The molecule has 1 amide bonds. The number of hydrogen-bond donors (Lipinski definition) is 1. The number of aryl methyl sites for hydroxylation is 2. The second-order valence-electron chi connectivity index (χ2n) is 5.20. The summed E-state index contributed by atoms with van der Waals surface area (Å²) in [6.45, 7) is 1.93. The highest BCUT2D eigenvalue weighted by Crippen LogP contribution is 2.07. The van der Waals surface area contributed by atoms with Crippen molar-refractivity contribution in [1.82, 2.24) is 5.32 Å². The molecule has 0 aliphatic carbocycles. The molecule has 0 aliphatic rings. The van der Waals surface area contributed by atoms with Crippen molar-refractivity contribution in [3.05, 3.63) is 71.0 Å². The van der Waals surface area contributed by atoms with Crippen molar-refractivity contribution in [2.24, 2.45) is 0 Å². The van der Waals surface area contributed by atoms with E-state index in [1.54, 1.807) is 0 Å². The van der Waals surface area contributed by atoms with E-state index in [1.807, 2.05) is 31.2 Å². The van der Waals surface area contributed by atoms with Gasteiger partial charge < -0.3 is 5.32 Å². The molecule has 0 heterocycles. The van der Waals surface area contributed by atoms with Crippen LogP contribution in [0.5, 0.6) is 0 Å². The molecular formula is C18H18FNO2. The predicted octanol–water partition coefficient (Wildman–Crippen LogP) is 3.07. The van der Waals surface area contributed by atoms with E-state index in [1.165, 1.54) is 24.3 Å². The SMILES string of the molecule is Cc1cccc(CCC(=O)NCC(=O)c2ccc(F)cc2)c1. The molecule has 114 valence electrons. The van der Waals surface area contributed by atoms with Gasteiger partial charge in [0, 0.05) is 12.0 Å². The van der Waals surface area contributed by atoms with E-state index in [9.17, 15) is 14.0 Å². The van der Waals surface area contributed by atoms with E-state index in [4.69, 9.17) is 0 Å². The largest absolute Gasteiger partial charge is 0.349 e. The van der Waals surface area contributed by atoms with Gasteiger partial charge in [-0.25, -0.2) is 4.39 Å².